The lowest BCUT2D eigenvalue weighted by Gasteiger charge is -2.27. The molecule has 0 aromatic heterocycles. The third kappa shape index (κ3) is 3.91. The Morgan fingerprint density at radius 2 is 1.79 bits per heavy atom. The van der Waals surface area contributed by atoms with Gasteiger partial charge >= 0.3 is 0 Å². The first kappa shape index (κ1) is 20.7. The normalized spacial score (nSPS) is 16.9. The molecule has 3 aromatic rings. The van der Waals surface area contributed by atoms with Gasteiger partial charge in [-0.2, -0.15) is 0 Å². The topological polar surface area (TPSA) is 75.4 Å². The summed E-state index contributed by atoms with van der Waals surface area (Å²) in [7, 11) is 0. The fourth-order valence-electron chi connectivity index (χ4n) is 3.84. The maximum absolute atomic E-state index is 13.5. The van der Waals surface area contributed by atoms with Crippen molar-refractivity contribution < 1.29 is 9.59 Å². The smallest absolute Gasteiger partial charge is 0.233 e. The highest BCUT2D eigenvalue weighted by atomic mass is 35.5. The minimum Gasteiger partial charge on any atom is -0.383 e. The number of primary amides is 1. The van der Waals surface area contributed by atoms with Gasteiger partial charge in [-0.05, 0) is 28.5 Å². The van der Waals surface area contributed by atoms with Crippen LogP contribution in [0.4, 0.5) is 11.4 Å². The predicted molar refractivity (Wildman–Crippen MR) is 119 cm³/mol. The van der Waals surface area contributed by atoms with Crippen LogP contribution in [0.25, 0.3) is 10.8 Å². The average Bonchev–Trinajstić information content (AvgIpc) is 2.85. The van der Waals surface area contributed by atoms with Crippen LogP contribution in [0.1, 0.15) is 12.5 Å². The van der Waals surface area contributed by atoms with E-state index in [1.165, 1.54) is 0 Å². The number of carbonyl (C=O) groups is 2. The van der Waals surface area contributed by atoms with Crippen LogP contribution in [0.2, 0.25) is 0 Å². The second-order valence-corrected chi connectivity index (χ2v) is 7.26. The van der Waals surface area contributed by atoms with Crippen molar-refractivity contribution in [2.24, 2.45) is 17.6 Å². The zero-order chi connectivity index (χ0) is 19.7. The Balaban J connectivity index is 0.00000240. The summed E-state index contributed by atoms with van der Waals surface area (Å²) in [4.78, 5) is 27.0. The van der Waals surface area contributed by atoms with Crippen LogP contribution in [0.3, 0.4) is 0 Å². The van der Waals surface area contributed by atoms with Gasteiger partial charge in [0.05, 0.1) is 23.8 Å². The number of nitrogens with two attached hydrogens (primary N) is 1. The van der Waals surface area contributed by atoms with Gasteiger partial charge in [0.2, 0.25) is 11.8 Å². The number of fused-ring (bicyclic) bond motifs is 2. The van der Waals surface area contributed by atoms with Gasteiger partial charge in [-0.15, -0.1) is 12.4 Å². The van der Waals surface area contributed by atoms with E-state index < -0.39 is 17.7 Å². The van der Waals surface area contributed by atoms with Gasteiger partial charge in [-0.3, -0.25) is 9.59 Å². The first-order valence-electron chi connectivity index (χ1n) is 9.46. The van der Waals surface area contributed by atoms with Gasteiger partial charge in [-0.1, -0.05) is 61.5 Å². The van der Waals surface area contributed by atoms with Gasteiger partial charge in [0.25, 0.3) is 0 Å². The molecule has 1 heterocycles. The minimum atomic E-state index is -0.552. The largest absolute Gasteiger partial charge is 0.383 e. The van der Waals surface area contributed by atoms with E-state index >= 15 is 0 Å². The zero-order valence-electron chi connectivity index (χ0n) is 16.2. The van der Waals surface area contributed by atoms with Crippen molar-refractivity contribution in [3.8, 4) is 0 Å². The lowest BCUT2D eigenvalue weighted by atomic mass is 9.91. The molecule has 4 rings (SSSR count). The summed E-state index contributed by atoms with van der Waals surface area (Å²) in [5.74, 6) is -1.61. The molecule has 1 aliphatic heterocycles. The van der Waals surface area contributed by atoms with Crippen LogP contribution in [0.5, 0.6) is 0 Å². The summed E-state index contributed by atoms with van der Waals surface area (Å²) in [6.45, 7) is 2.53. The van der Waals surface area contributed by atoms with Crippen LogP contribution in [-0.2, 0) is 16.1 Å². The van der Waals surface area contributed by atoms with E-state index in [2.05, 4.69) is 23.5 Å². The summed E-state index contributed by atoms with van der Waals surface area (Å²) < 4.78 is 0. The Morgan fingerprint density at radius 1 is 1.10 bits per heavy atom. The molecular formula is C23H24ClN3O2. The SMILES string of the molecule is CC(C(N)=O)[C@H]1CNc2ccccc2N(Cc2cccc3ccccc23)C1=O.Cl. The predicted octanol–water partition coefficient (Wildman–Crippen LogP) is 3.96. The fraction of sp³-hybridized carbons (Fsp3) is 0.217. The Morgan fingerprint density at radius 3 is 2.59 bits per heavy atom. The van der Waals surface area contributed by atoms with Crippen molar-refractivity contribution in [2.45, 2.75) is 13.5 Å². The molecule has 150 valence electrons. The van der Waals surface area contributed by atoms with Gasteiger partial charge < -0.3 is 16.0 Å². The quantitative estimate of drug-likeness (QED) is 0.684. The van der Waals surface area contributed by atoms with E-state index in [0.29, 0.717) is 13.1 Å². The van der Waals surface area contributed by atoms with E-state index in [1.807, 2.05) is 48.5 Å². The van der Waals surface area contributed by atoms with Crippen molar-refractivity contribution in [1.82, 2.24) is 0 Å². The number of amides is 2. The summed E-state index contributed by atoms with van der Waals surface area (Å²) in [6.07, 6.45) is 0. The summed E-state index contributed by atoms with van der Waals surface area (Å²) in [5, 5.41) is 5.58. The Kier molecular flexibility index (Phi) is 6.09. The molecule has 0 bridgehead atoms. The molecule has 1 aliphatic rings. The second kappa shape index (κ2) is 8.53. The number of nitrogens with one attached hydrogen (secondary N) is 1. The molecule has 0 radical (unpaired) electrons. The van der Waals surface area contributed by atoms with Crippen molar-refractivity contribution in [2.75, 3.05) is 16.8 Å². The fourth-order valence-corrected chi connectivity index (χ4v) is 3.84. The Bertz CT molecular complexity index is 1050. The molecule has 29 heavy (non-hydrogen) atoms. The van der Waals surface area contributed by atoms with Crippen molar-refractivity contribution in [3.05, 3.63) is 72.3 Å². The number of nitrogens with zero attached hydrogens (tertiary/aromatic N) is 1. The zero-order valence-corrected chi connectivity index (χ0v) is 17.0. The second-order valence-electron chi connectivity index (χ2n) is 7.26. The van der Waals surface area contributed by atoms with Gasteiger partial charge in [-0.25, -0.2) is 0 Å². The van der Waals surface area contributed by atoms with Gasteiger partial charge in [0.1, 0.15) is 0 Å². The molecular weight excluding hydrogens is 386 g/mol. The van der Waals surface area contributed by atoms with E-state index in [1.54, 1.807) is 11.8 Å². The average molecular weight is 410 g/mol. The van der Waals surface area contributed by atoms with Gasteiger partial charge in [0.15, 0.2) is 0 Å². The molecule has 6 heteroatoms. The van der Waals surface area contributed by atoms with Gasteiger partial charge in [0, 0.05) is 12.5 Å². The summed E-state index contributed by atoms with van der Waals surface area (Å²) in [6, 6.07) is 22.0. The maximum atomic E-state index is 13.5. The molecule has 0 saturated heterocycles. The van der Waals surface area contributed by atoms with E-state index in [9.17, 15) is 9.59 Å². The maximum Gasteiger partial charge on any atom is 0.233 e. The minimum absolute atomic E-state index is 0. The van der Waals surface area contributed by atoms with E-state index in [-0.39, 0.29) is 18.3 Å². The number of hydrogen-bond acceptors (Lipinski definition) is 3. The summed E-state index contributed by atoms with van der Waals surface area (Å²) >= 11 is 0. The molecule has 0 saturated carbocycles. The number of carbonyl (C=O) groups excluding carboxylic acids is 2. The van der Waals surface area contributed by atoms with Crippen LogP contribution in [-0.4, -0.2) is 18.4 Å². The highest BCUT2D eigenvalue weighted by molar-refractivity contribution is 6.02. The number of para-hydroxylation sites is 2. The molecule has 5 nitrogen and oxygen atoms in total. The molecule has 1 unspecified atom stereocenters. The molecule has 0 fully saturated rings. The number of halogens is 1. The number of rotatable bonds is 4. The third-order valence-corrected chi connectivity index (χ3v) is 5.55. The number of hydrogen-bond donors (Lipinski definition) is 2. The van der Waals surface area contributed by atoms with Crippen molar-refractivity contribution in [1.29, 1.82) is 0 Å². The van der Waals surface area contributed by atoms with E-state index in [4.69, 9.17) is 5.73 Å². The number of anilines is 2. The molecule has 3 N–H and O–H groups in total. The standard InChI is InChI=1S/C23H23N3O2.ClH/c1-15(22(24)27)19-13-25-20-11-4-5-12-21(20)26(23(19)28)14-17-9-6-8-16-7-2-3-10-18(16)17;/h2-12,15,19,25H,13-14H2,1H3,(H2,24,27);1H/t15?,19-;/m1./s1. The van der Waals surface area contributed by atoms with Crippen LogP contribution < -0.4 is 16.0 Å². The van der Waals surface area contributed by atoms with E-state index in [0.717, 1.165) is 27.7 Å². The molecule has 0 spiro atoms. The molecule has 2 amide bonds. The molecule has 0 aliphatic carbocycles. The van der Waals surface area contributed by atoms with Crippen LogP contribution >= 0.6 is 12.4 Å². The third-order valence-electron chi connectivity index (χ3n) is 5.55. The lowest BCUT2D eigenvalue weighted by molar-refractivity contribution is -0.130. The van der Waals surface area contributed by atoms with Crippen molar-refractivity contribution in [3.63, 3.8) is 0 Å². The molecule has 2 atom stereocenters. The first-order chi connectivity index (χ1) is 13.6. The monoisotopic (exact) mass is 409 g/mol. The Labute approximate surface area is 176 Å². The van der Waals surface area contributed by atoms with Crippen molar-refractivity contribution >= 4 is 46.4 Å². The highest BCUT2D eigenvalue weighted by Gasteiger charge is 2.36. The number of benzene rings is 3. The first-order valence-corrected chi connectivity index (χ1v) is 9.46. The summed E-state index contributed by atoms with van der Waals surface area (Å²) in [5.41, 5.74) is 8.29. The van der Waals surface area contributed by atoms with Crippen LogP contribution in [0, 0.1) is 11.8 Å². The lowest BCUT2D eigenvalue weighted by Crippen LogP contribution is -2.43. The highest BCUT2D eigenvalue weighted by Crippen LogP contribution is 2.34. The Hall–Kier alpha value is -3.05. The molecule has 3 aromatic carbocycles. The van der Waals surface area contributed by atoms with Crippen LogP contribution in [0.15, 0.2) is 66.7 Å².